The minimum absolute atomic E-state index is 0.247. The smallest absolute Gasteiger partial charge is 0.186 e. The Morgan fingerprint density at radius 2 is 2.17 bits per heavy atom. The first kappa shape index (κ1) is 12.3. The molecule has 0 amide bonds. The van der Waals surface area contributed by atoms with E-state index in [2.05, 4.69) is 15.5 Å². The number of hydrogen-bond donors (Lipinski definition) is 2. The number of aromatic nitrogens is 2. The molecule has 5 nitrogen and oxygen atoms in total. The maximum Gasteiger partial charge on any atom is 0.186 e. The largest absolute Gasteiger partial charge is 0.391 e. The van der Waals surface area contributed by atoms with Crippen LogP contribution >= 0.6 is 0 Å². The second-order valence-electron chi connectivity index (χ2n) is 4.00. The van der Waals surface area contributed by atoms with Crippen LogP contribution < -0.4 is 5.32 Å². The maximum absolute atomic E-state index is 9.57. The summed E-state index contributed by atoms with van der Waals surface area (Å²) in [6, 6.07) is 9.48. The summed E-state index contributed by atoms with van der Waals surface area (Å²) in [5.74, 6) is 0. The third kappa shape index (κ3) is 2.39. The van der Waals surface area contributed by atoms with Gasteiger partial charge in [0.15, 0.2) is 5.69 Å². The van der Waals surface area contributed by atoms with E-state index < -0.39 is 6.10 Å². The molecule has 92 valence electrons. The van der Waals surface area contributed by atoms with Crippen LogP contribution in [-0.4, -0.2) is 28.0 Å². The topological polar surface area (TPSA) is 81.8 Å². The highest BCUT2D eigenvalue weighted by molar-refractivity contribution is 5.92. The van der Waals surface area contributed by atoms with Crippen molar-refractivity contribution in [2.75, 3.05) is 11.9 Å². The third-order valence-corrected chi connectivity index (χ3v) is 2.76. The van der Waals surface area contributed by atoms with Crippen LogP contribution in [0.1, 0.15) is 19.0 Å². The van der Waals surface area contributed by atoms with Gasteiger partial charge >= 0.3 is 0 Å². The van der Waals surface area contributed by atoms with Crippen LogP contribution in [0, 0.1) is 11.3 Å². The van der Waals surface area contributed by atoms with E-state index in [1.54, 1.807) is 0 Å². The average molecular weight is 242 g/mol. The van der Waals surface area contributed by atoms with Crippen molar-refractivity contribution in [1.82, 2.24) is 10.2 Å². The number of rotatable bonds is 4. The average Bonchev–Trinajstić information content (AvgIpc) is 2.44. The summed E-state index contributed by atoms with van der Waals surface area (Å²) < 4.78 is 0. The molecule has 0 aliphatic rings. The molecule has 0 spiro atoms. The SMILES string of the molecule is CCC(O)CNc1c(C#N)nnc2ccccc12. The van der Waals surface area contributed by atoms with E-state index in [0.29, 0.717) is 18.7 Å². The van der Waals surface area contributed by atoms with Crippen LogP contribution in [0.4, 0.5) is 5.69 Å². The van der Waals surface area contributed by atoms with Gasteiger partial charge < -0.3 is 10.4 Å². The Bertz CT molecular complexity index is 591. The number of benzene rings is 1. The molecule has 0 saturated carbocycles. The Morgan fingerprint density at radius 1 is 1.39 bits per heavy atom. The lowest BCUT2D eigenvalue weighted by molar-refractivity contribution is 0.183. The van der Waals surface area contributed by atoms with E-state index in [1.165, 1.54) is 0 Å². The van der Waals surface area contributed by atoms with Gasteiger partial charge in [-0.25, -0.2) is 0 Å². The van der Waals surface area contributed by atoms with E-state index in [0.717, 1.165) is 10.9 Å². The maximum atomic E-state index is 9.57. The Kier molecular flexibility index (Phi) is 3.70. The number of fused-ring (bicyclic) bond motifs is 1. The van der Waals surface area contributed by atoms with Crippen LogP contribution in [0.25, 0.3) is 10.9 Å². The molecule has 0 fully saturated rings. The molecule has 0 aliphatic heterocycles. The van der Waals surface area contributed by atoms with Gasteiger partial charge in [0.2, 0.25) is 0 Å². The van der Waals surface area contributed by atoms with Crippen LogP contribution in [0.3, 0.4) is 0 Å². The molecule has 0 saturated heterocycles. The summed E-state index contributed by atoms with van der Waals surface area (Å²) in [4.78, 5) is 0. The van der Waals surface area contributed by atoms with Crippen LogP contribution in [0.5, 0.6) is 0 Å². The van der Waals surface area contributed by atoms with Gasteiger partial charge in [-0.15, -0.1) is 10.2 Å². The summed E-state index contributed by atoms with van der Waals surface area (Å²) >= 11 is 0. The van der Waals surface area contributed by atoms with Crippen molar-refractivity contribution in [2.45, 2.75) is 19.4 Å². The van der Waals surface area contributed by atoms with Crippen molar-refractivity contribution >= 4 is 16.6 Å². The third-order valence-electron chi connectivity index (χ3n) is 2.76. The number of aliphatic hydroxyl groups excluding tert-OH is 1. The summed E-state index contributed by atoms with van der Waals surface area (Å²) in [6.07, 6.45) is 0.217. The fourth-order valence-electron chi connectivity index (χ4n) is 1.68. The predicted octanol–water partition coefficient (Wildman–Crippen LogP) is 1.68. The quantitative estimate of drug-likeness (QED) is 0.852. The van der Waals surface area contributed by atoms with Gasteiger partial charge in [-0.1, -0.05) is 25.1 Å². The minimum Gasteiger partial charge on any atom is -0.391 e. The zero-order valence-corrected chi connectivity index (χ0v) is 10.1. The van der Waals surface area contributed by atoms with E-state index >= 15 is 0 Å². The highest BCUT2D eigenvalue weighted by atomic mass is 16.3. The summed E-state index contributed by atoms with van der Waals surface area (Å²) in [7, 11) is 0. The standard InChI is InChI=1S/C13H14N4O/c1-2-9(18)8-15-13-10-5-3-4-6-11(10)16-17-12(13)7-14/h3-6,9,18H,2,8H2,1H3,(H,15,16). The fraction of sp³-hybridized carbons (Fsp3) is 0.308. The van der Waals surface area contributed by atoms with Crippen molar-refractivity contribution in [3.63, 3.8) is 0 Å². The first-order valence-corrected chi connectivity index (χ1v) is 5.83. The monoisotopic (exact) mass is 242 g/mol. The van der Waals surface area contributed by atoms with Gasteiger partial charge in [0, 0.05) is 11.9 Å². The lowest BCUT2D eigenvalue weighted by Gasteiger charge is -2.13. The van der Waals surface area contributed by atoms with Crippen molar-refractivity contribution in [2.24, 2.45) is 0 Å². The first-order valence-electron chi connectivity index (χ1n) is 5.83. The normalized spacial score (nSPS) is 12.1. The van der Waals surface area contributed by atoms with Crippen molar-refractivity contribution in [3.8, 4) is 6.07 Å². The molecule has 18 heavy (non-hydrogen) atoms. The summed E-state index contributed by atoms with van der Waals surface area (Å²) in [5, 5.41) is 30.4. The highest BCUT2D eigenvalue weighted by Gasteiger charge is 2.10. The lowest BCUT2D eigenvalue weighted by atomic mass is 10.1. The lowest BCUT2D eigenvalue weighted by Crippen LogP contribution is -2.19. The molecule has 0 radical (unpaired) electrons. The number of nitriles is 1. The van der Waals surface area contributed by atoms with Crippen LogP contribution in [-0.2, 0) is 0 Å². The molecule has 0 bridgehead atoms. The number of anilines is 1. The first-order chi connectivity index (χ1) is 8.76. The Labute approximate surface area is 105 Å². The van der Waals surface area contributed by atoms with Gasteiger partial charge in [-0.05, 0) is 12.5 Å². The van der Waals surface area contributed by atoms with Crippen molar-refractivity contribution < 1.29 is 5.11 Å². The number of nitrogens with one attached hydrogen (secondary N) is 1. The zero-order valence-electron chi connectivity index (χ0n) is 10.1. The molecule has 0 aliphatic carbocycles. The molecule has 2 N–H and O–H groups in total. The second kappa shape index (κ2) is 5.43. The minimum atomic E-state index is -0.441. The van der Waals surface area contributed by atoms with Crippen LogP contribution in [0.2, 0.25) is 0 Å². The van der Waals surface area contributed by atoms with Crippen molar-refractivity contribution in [3.05, 3.63) is 30.0 Å². The van der Waals surface area contributed by atoms with Gasteiger partial charge in [-0.2, -0.15) is 5.26 Å². The molecule has 1 aromatic carbocycles. The number of aliphatic hydroxyl groups is 1. The Morgan fingerprint density at radius 3 is 2.89 bits per heavy atom. The predicted molar refractivity (Wildman–Crippen MR) is 69.0 cm³/mol. The second-order valence-corrected chi connectivity index (χ2v) is 4.00. The molecule has 2 rings (SSSR count). The molecule has 1 aromatic heterocycles. The van der Waals surface area contributed by atoms with E-state index in [-0.39, 0.29) is 5.69 Å². The number of nitrogens with zero attached hydrogens (tertiary/aromatic N) is 3. The van der Waals surface area contributed by atoms with Gasteiger partial charge in [-0.3, -0.25) is 0 Å². The fourth-order valence-corrected chi connectivity index (χ4v) is 1.68. The molecular weight excluding hydrogens is 228 g/mol. The van der Waals surface area contributed by atoms with Gasteiger partial charge in [0.1, 0.15) is 6.07 Å². The molecule has 2 aromatic rings. The summed E-state index contributed by atoms with van der Waals surface area (Å²) in [5.41, 5.74) is 1.61. The van der Waals surface area contributed by atoms with E-state index in [4.69, 9.17) is 5.26 Å². The molecular formula is C13H14N4O. The van der Waals surface area contributed by atoms with E-state index in [1.807, 2.05) is 37.3 Å². The van der Waals surface area contributed by atoms with E-state index in [9.17, 15) is 5.11 Å². The highest BCUT2D eigenvalue weighted by Crippen LogP contribution is 2.23. The Balaban J connectivity index is 2.42. The molecule has 5 heteroatoms. The van der Waals surface area contributed by atoms with Gasteiger partial charge in [0.05, 0.1) is 17.3 Å². The van der Waals surface area contributed by atoms with Crippen molar-refractivity contribution in [1.29, 1.82) is 5.26 Å². The van der Waals surface area contributed by atoms with Crippen LogP contribution in [0.15, 0.2) is 24.3 Å². The zero-order chi connectivity index (χ0) is 13.0. The number of hydrogen-bond acceptors (Lipinski definition) is 5. The molecule has 1 atom stereocenters. The summed E-state index contributed by atoms with van der Waals surface area (Å²) in [6.45, 7) is 2.29. The molecule has 1 unspecified atom stereocenters. The molecule has 1 heterocycles. The Hall–Kier alpha value is -2.19. The van der Waals surface area contributed by atoms with Gasteiger partial charge in [0.25, 0.3) is 0 Å².